The number of thiocarbonyl (C=S) groups is 1. The Morgan fingerprint density at radius 1 is 1.41 bits per heavy atom. The molecule has 0 aliphatic carbocycles. The van der Waals surface area contributed by atoms with Gasteiger partial charge in [0.25, 0.3) is 5.91 Å². The number of benzene rings is 1. The number of furan rings is 1. The Hall–Kier alpha value is -1.57. The molecular weight excluding hydrogens is 386 g/mol. The van der Waals surface area contributed by atoms with Gasteiger partial charge in [0.1, 0.15) is 22.4 Å². The van der Waals surface area contributed by atoms with E-state index in [-0.39, 0.29) is 5.91 Å². The molecule has 1 amide bonds. The number of rotatable bonds is 4. The molecule has 3 rings (SSSR count). The zero-order valence-electron chi connectivity index (χ0n) is 11.2. The number of carbonyl (C=O) groups excluding carboxylic acids is 1. The average Bonchev–Trinajstić information content (AvgIpc) is 3.08. The van der Waals surface area contributed by atoms with E-state index in [2.05, 4.69) is 21.2 Å². The van der Waals surface area contributed by atoms with Crippen molar-refractivity contribution in [3.63, 3.8) is 0 Å². The molecule has 0 bridgehead atoms. The van der Waals surface area contributed by atoms with E-state index in [1.54, 1.807) is 12.3 Å². The summed E-state index contributed by atoms with van der Waals surface area (Å²) >= 11 is 9.66. The second-order valence-electron chi connectivity index (χ2n) is 4.40. The number of ether oxygens (including phenoxy) is 1. The van der Waals surface area contributed by atoms with Crippen LogP contribution in [0.1, 0.15) is 11.3 Å². The third-order valence-electron chi connectivity index (χ3n) is 2.85. The SMILES string of the molecule is O=C1NC(=S)SC1=Cc1cc(Br)ccc1OCc1ccco1. The summed E-state index contributed by atoms with van der Waals surface area (Å²) in [6.07, 6.45) is 3.37. The highest BCUT2D eigenvalue weighted by atomic mass is 79.9. The molecule has 1 aromatic carbocycles. The van der Waals surface area contributed by atoms with Gasteiger partial charge < -0.3 is 14.5 Å². The van der Waals surface area contributed by atoms with Crippen molar-refractivity contribution < 1.29 is 13.9 Å². The fourth-order valence-corrected chi connectivity index (χ4v) is 3.28. The third-order valence-corrected chi connectivity index (χ3v) is 4.51. The molecule has 0 unspecified atom stereocenters. The first-order chi connectivity index (χ1) is 10.6. The second-order valence-corrected chi connectivity index (χ2v) is 7.04. The van der Waals surface area contributed by atoms with Gasteiger partial charge in [0.2, 0.25) is 0 Å². The highest BCUT2D eigenvalue weighted by Gasteiger charge is 2.22. The number of hydrogen-bond acceptors (Lipinski definition) is 5. The Labute approximate surface area is 145 Å². The number of carbonyl (C=O) groups is 1. The molecule has 22 heavy (non-hydrogen) atoms. The lowest BCUT2D eigenvalue weighted by Gasteiger charge is -2.09. The van der Waals surface area contributed by atoms with Crippen LogP contribution in [0, 0.1) is 0 Å². The van der Waals surface area contributed by atoms with Gasteiger partial charge in [-0.25, -0.2) is 0 Å². The van der Waals surface area contributed by atoms with Gasteiger partial charge in [-0.3, -0.25) is 4.79 Å². The van der Waals surface area contributed by atoms with Crippen LogP contribution in [0.25, 0.3) is 6.08 Å². The largest absolute Gasteiger partial charge is 0.485 e. The van der Waals surface area contributed by atoms with Crippen LogP contribution in [0.3, 0.4) is 0 Å². The van der Waals surface area contributed by atoms with Gasteiger partial charge in [-0.1, -0.05) is 39.9 Å². The van der Waals surface area contributed by atoms with Gasteiger partial charge in [0.05, 0.1) is 11.2 Å². The van der Waals surface area contributed by atoms with Gasteiger partial charge >= 0.3 is 0 Å². The standard InChI is InChI=1S/C15H10BrNO3S2/c16-10-3-4-12(20-8-11-2-1-5-19-11)9(6-10)7-13-14(18)17-15(21)22-13/h1-7H,8H2,(H,17,18,21). The highest BCUT2D eigenvalue weighted by Crippen LogP contribution is 2.31. The third kappa shape index (κ3) is 3.60. The zero-order chi connectivity index (χ0) is 15.5. The monoisotopic (exact) mass is 395 g/mol. The van der Waals surface area contributed by atoms with E-state index >= 15 is 0 Å². The minimum atomic E-state index is -0.188. The Kier molecular flexibility index (Phi) is 4.66. The first-order valence-electron chi connectivity index (χ1n) is 6.31. The summed E-state index contributed by atoms with van der Waals surface area (Å²) in [7, 11) is 0. The number of nitrogens with one attached hydrogen (secondary N) is 1. The molecule has 2 aromatic rings. The summed E-state index contributed by atoms with van der Waals surface area (Å²) in [5.41, 5.74) is 0.795. The van der Waals surface area contributed by atoms with Crippen molar-refractivity contribution in [1.82, 2.24) is 5.32 Å². The van der Waals surface area contributed by atoms with E-state index in [1.807, 2.05) is 30.3 Å². The van der Waals surface area contributed by atoms with E-state index < -0.39 is 0 Å². The maximum atomic E-state index is 11.8. The molecule has 0 spiro atoms. The molecule has 7 heteroatoms. The quantitative estimate of drug-likeness (QED) is 0.623. The van der Waals surface area contributed by atoms with Gasteiger partial charge in [-0.2, -0.15) is 0 Å². The van der Waals surface area contributed by atoms with E-state index in [0.29, 0.717) is 21.6 Å². The Morgan fingerprint density at radius 3 is 2.95 bits per heavy atom. The Balaban J connectivity index is 1.86. The molecule has 112 valence electrons. The molecule has 1 N–H and O–H groups in total. The van der Waals surface area contributed by atoms with Crippen LogP contribution in [-0.2, 0) is 11.4 Å². The van der Waals surface area contributed by atoms with Crippen molar-refractivity contribution in [1.29, 1.82) is 0 Å². The molecular formula is C15H10BrNO3S2. The van der Waals surface area contributed by atoms with E-state index in [1.165, 1.54) is 11.8 Å². The van der Waals surface area contributed by atoms with Crippen LogP contribution in [0.2, 0.25) is 0 Å². The van der Waals surface area contributed by atoms with Gasteiger partial charge in [0, 0.05) is 10.0 Å². The summed E-state index contributed by atoms with van der Waals surface area (Å²) in [5.74, 6) is 1.21. The van der Waals surface area contributed by atoms with E-state index in [9.17, 15) is 4.79 Å². The molecule has 1 saturated heterocycles. The average molecular weight is 396 g/mol. The van der Waals surface area contributed by atoms with E-state index in [4.69, 9.17) is 21.4 Å². The number of halogens is 1. The van der Waals surface area contributed by atoms with Crippen molar-refractivity contribution in [2.24, 2.45) is 0 Å². The van der Waals surface area contributed by atoms with Crippen molar-refractivity contribution in [2.75, 3.05) is 0 Å². The van der Waals surface area contributed by atoms with Gasteiger partial charge in [-0.15, -0.1) is 0 Å². The lowest BCUT2D eigenvalue weighted by Crippen LogP contribution is -2.17. The second kappa shape index (κ2) is 6.68. The first kappa shape index (κ1) is 15.3. The molecule has 1 aliphatic heterocycles. The van der Waals surface area contributed by atoms with Crippen LogP contribution in [0.5, 0.6) is 5.75 Å². The Morgan fingerprint density at radius 2 is 2.27 bits per heavy atom. The predicted molar refractivity (Wildman–Crippen MR) is 93.5 cm³/mol. The van der Waals surface area contributed by atoms with Crippen molar-refractivity contribution in [3.05, 3.63) is 57.3 Å². The summed E-state index contributed by atoms with van der Waals surface area (Å²) in [4.78, 5) is 12.3. The minimum absolute atomic E-state index is 0.188. The summed E-state index contributed by atoms with van der Waals surface area (Å²) in [5, 5.41) is 2.60. The van der Waals surface area contributed by atoms with Crippen molar-refractivity contribution in [2.45, 2.75) is 6.61 Å². The normalized spacial score (nSPS) is 16.1. The van der Waals surface area contributed by atoms with Crippen LogP contribution in [-0.4, -0.2) is 10.2 Å². The van der Waals surface area contributed by atoms with Gasteiger partial charge in [-0.05, 0) is 36.4 Å². The number of amides is 1. The van der Waals surface area contributed by atoms with Crippen molar-refractivity contribution in [3.8, 4) is 5.75 Å². The first-order valence-corrected chi connectivity index (χ1v) is 8.33. The molecule has 1 aromatic heterocycles. The smallest absolute Gasteiger partial charge is 0.263 e. The molecule has 0 atom stereocenters. The topological polar surface area (TPSA) is 51.5 Å². The molecule has 1 fully saturated rings. The summed E-state index contributed by atoms with van der Waals surface area (Å²) in [6.45, 7) is 0.322. The van der Waals surface area contributed by atoms with E-state index in [0.717, 1.165) is 15.8 Å². The van der Waals surface area contributed by atoms with Gasteiger partial charge in [0.15, 0.2) is 0 Å². The fraction of sp³-hybridized carbons (Fsp3) is 0.0667. The molecule has 4 nitrogen and oxygen atoms in total. The zero-order valence-corrected chi connectivity index (χ0v) is 14.4. The molecule has 0 radical (unpaired) electrons. The lowest BCUT2D eigenvalue weighted by atomic mass is 10.2. The van der Waals surface area contributed by atoms with Crippen LogP contribution < -0.4 is 10.1 Å². The summed E-state index contributed by atoms with van der Waals surface area (Å²) < 4.78 is 12.4. The number of hydrogen-bond donors (Lipinski definition) is 1. The lowest BCUT2D eigenvalue weighted by molar-refractivity contribution is -0.115. The van der Waals surface area contributed by atoms with Crippen molar-refractivity contribution >= 4 is 56.2 Å². The molecule has 1 aliphatic rings. The fourth-order valence-electron chi connectivity index (χ4n) is 1.87. The maximum absolute atomic E-state index is 11.8. The molecule has 0 saturated carbocycles. The van der Waals surface area contributed by atoms with Crippen LogP contribution in [0.4, 0.5) is 0 Å². The summed E-state index contributed by atoms with van der Waals surface area (Å²) in [6, 6.07) is 9.26. The number of thioether (sulfide) groups is 1. The predicted octanol–water partition coefficient (Wildman–Crippen LogP) is 4.11. The Bertz CT molecular complexity index is 756. The van der Waals surface area contributed by atoms with Crippen LogP contribution in [0.15, 0.2) is 50.4 Å². The highest BCUT2D eigenvalue weighted by molar-refractivity contribution is 9.10. The maximum Gasteiger partial charge on any atom is 0.263 e. The minimum Gasteiger partial charge on any atom is -0.485 e. The molecule has 2 heterocycles. The van der Waals surface area contributed by atoms with Crippen LogP contribution >= 0.6 is 39.9 Å².